The highest BCUT2D eigenvalue weighted by atomic mass is 79.9. The predicted molar refractivity (Wildman–Crippen MR) is 80.8 cm³/mol. The highest BCUT2D eigenvalue weighted by molar-refractivity contribution is 9.10. The molecule has 5 nitrogen and oxygen atoms in total. The van der Waals surface area contributed by atoms with Crippen molar-refractivity contribution in [3.05, 3.63) is 16.5 Å². The van der Waals surface area contributed by atoms with Gasteiger partial charge in [-0.15, -0.1) is 0 Å². The number of nitrogens with zero attached hydrogens (tertiary/aromatic N) is 3. The van der Waals surface area contributed by atoms with E-state index in [4.69, 9.17) is 4.98 Å². The maximum Gasteiger partial charge on any atom is 0.242 e. The number of nitrogens with one attached hydrogen (secondary N) is 1. The summed E-state index contributed by atoms with van der Waals surface area (Å²) in [5, 5.41) is 2.76. The first-order valence-electron chi connectivity index (χ1n) is 7.22. The number of halogens is 1. The van der Waals surface area contributed by atoms with E-state index in [1.165, 1.54) is 12.8 Å². The number of likely N-dealkylation sites (N-methyl/N-ethyl adjacent to an activating group) is 1. The number of carbonyl (C=O) groups excluding carboxylic acids is 1. The Hall–Kier alpha value is -1.17. The quantitative estimate of drug-likeness (QED) is 0.858. The van der Waals surface area contributed by atoms with Crippen molar-refractivity contribution in [3.63, 3.8) is 0 Å². The smallest absolute Gasteiger partial charge is 0.242 e. The van der Waals surface area contributed by atoms with E-state index < -0.39 is 0 Å². The second-order valence-corrected chi connectivity index (χ2v) is 6.31. The zero-order chi connectivity index (χ0) is 14.1. The first kappa shape index (κ1) is 13.8. The maximum atomic E-state index is 12.1. The van der Waals surface area contributed by atoms with Crippen LogP contribution >= 0.6 is 15.9 Å². The van der Waals surface area contributed by atoms with Crippen LogP contribution in [0.4, 0.5) is 5.82 Å². The van der Waals surface area contributed by atoms with Gasteiger partial charge in [0.1, 0.15) is 22.3 Å². The molecule has 2 heterocycles. The van der Waals surface area contributed by atoms with Crippen molar-refractivity contribution in [2.24, 2.45) is 0 Å². The number of rotatable bonds is 3. The Morgan fingerprint density at radius 1 is 1.35 bits per heavy atom. The average Bonchev–Trinajstić information content (AvgIpc) is 3.30. The van der Waals surface area contributed by atoms with Crippen LogP contribution in [-0.4, -0.2) is 35.5 Å². The Kier molecular flexibility index (Phi) is 3.92. The standard InChI is InChI=1S/C14H19BrN4O/c1-16-14(20)10-4-2-3-7-19(10)12-8-11(15)17-13(18-12)9-5-6-9/h8-10H,2-7H2,1H3,(H,16,20). The van der Waals surface area contributed by atoms with Gasteiger partial charge in [-0.25, -0.2) is 9.97 Å². The third kappa shape index (κ3) is 2.80. The highest BCUT2D eigenvalue weighted by Gasteiger charge is 2.32. The molecule has 0 spiro atoms. The lowest BCUT2D eigenvalue weighted by atomic mass is 10.0. The van der Waals surface area contributed by atoms with E-state index in [-0.39, 0.29) is 11.9 Å². The molecular formula is C14H19BrN4O. The van der Waals surface area contributed by atoms with Crippen molar-refractivity contribution in [3.8, 4) is 0 Å². The lowest BCUT2D eigenvalue weighted by Crippen LogP contribution is -2.49. The molecule has 20 heavy (non-hydrogen) atoms. The van der Waals surface area contributed by atoms with E-state index in [1.54, 1.807) is 7.05 Å². The number of aromatic nitrogens is 2. The SMILES string of the molecule is CNC(=O)C1CCCCN1c1cc(Br)nc(C2CC2)n1. The van der Waals surface area contributed by atoms with Crippen molar-refractivity contribution in [2.75, 3.05) is 18.5 Å². The van der Waals surface area contributed by atoms with Gasteiger partial charge in [0.2, 0.25) is 5.91 Å². The van der Waals surface area contributed by atoms with Crippen molar-refractivity contribution >= 4 is 27.7 Å². The molecule has 1 amide bonds. The summed E-state index contributed by atoms with van der Waals surface area (Å²) in [5.41, 5.74) is 0. The largest absolute Gasteiger partial charge is 0.357 e. The molecular weight excluding hydrogens is 320 g/mol. The summed E-state index contributed by atoms with van der Waals surface area (Å²) in [6.07, 6.45) is 5.44. The van der Waals surface area contributed by atoms with Crippen LogP contribution in [0.15, 0.2) is 10.7 Å². The summed E-state index contributed by atoms with van der Waals surface area (Å²) < 4.78 is 0.811. The molecule has 1 aliphatic heterocycles. The molecule has 0 aromatic carbocycles. The molecule has 1 atom stereocenters. The van der Waals surface area contributed by atoms with Gasteiger partial charge in [0.05, 0.1) is 0 Å². The van der Waals surface area contributed by atoms with Crippen LogP contribution in [0.2, 0.25) is 0 Å². The fourth-order valence-corrected chi connectivity index (χ4v) is 3.13. The van der Waals surface area contributed by atoms with Gasteiger partial charge >= 0.3 is 0 Å². The third-order valence-electron chi connectivity index (χ3n) is 3.99. The van der Waals surface area contributed by atoms with Crippen LogP contribution in [0, 0.1) is 0 Å². The fraction of sp³-hybridized carbons (Fsp3) is 0.643. The maximum absolute atomic E-state index is 12.1. The van der Waals surface area contributed by atoms with Crippen LogP contribution in [0.25, 0.3) is 0 Å². The van der Waals surface area contributed by atoms with Crippen molar-refractivity contribution in [2.45, 2.75) is 44.1 Å². The van der Waals surface area contributed by atoms with Gasteiger partial charge in [0.15, 0.2) is 0 Å². The second kappa shape index (κ2) is 5.68. The Balaban J connectivity index is 1.90. The van der Waals surface area contributed by atoms with Crippen molar-refractivity contribution in [1.82, 2.24) is 15.3 Å². The lowest BCUT2D eigenvalue weighted by Gasteiger charge is -2.35. The Morgan fingerprint density at radius 3 is 2.85 bits per heavy atom. The summed E-state index contributed by atoms with van der Waals surface area (Å²) in [6.45, 7) is 0.881. The number of hydrogen-bond acceptors (Lipinski definition) is 4. The average molecular weight is 339 g/mol. The molecule has 6 heteroatoms. The van der Waals surface area contributed by atoms with Gasteiger partial charge in [-0.1, -0.05) is 0 Å². The number of anilines is 1. The van der Waals surface area contributed by atoms with E-state index in [9.17, 15) is 4.79 Å². The molecule has 2 aliphatic rings. The zero-order valence-corrected chi connectivity index (χ0v) is 13.2. The third-order valence-corrected chi connectivity index (χ3v) is 4.39. The van der Waals surface area contributed by atoms with Gasteiger partial charge in [-0.05, 0) is 48.0 Å². The number of amides is 1. The molecule has 3 rings (SSSR count). The van der Waals surface area contributed by atoms with E-state index in [0.29, 0.717) is 5.92 Å². The van der Waals surface area contributed by atoms with Crippen molar-refractivity contribution < 1.29 is 4.79 Å². The molecule has 108 valence electrons. The first-order valence-corrected chi connectivity index (χ1v) is 8.01. The van der Waals surface area contributed by atoms with E-state index >= 15 is 0 Å². The summed E-state index contributed by atoms with van der Waals surface area (Å²) in [5.74, 6) is 2.37. The molecule has 1 saturated carbocycles. The number of hydrogen-bond donors (Lipinski definition) is 1. The topological polar surface area (TPSA) is 58.1 Å². The Bertz CT molecular complexity index is 518. The van der Waals surface area contributed by atoms with E-state index in [2.05, 4.69) is 31.1 Å². The molecule has 1 unspecified atom stereocenters. The van der Waals surface area contributed by atoms with E-state index in [1.807, 2.05) is 6.07 Å². The monoisotopic (exact) mass is 338 g/mol. The molecule has 1 saturated heterocycles. The fourth-order valence-electron chi connectivity index (χ4n) is 2.74. The molecule has 0 radical (unpaired) electrons. The molecule has 1 aromatic rings. The molecule has 0 bridgehead atoms. The van der Waals surface area contributed by atoms with Crippen molar-refractivity contribution in [1.29, 1.82) is 0 Å². The summed E-state index contributed by atoms with van der Waals surface area (Å²) in [4.78, 5) is 23.3. The van der Waals surface area contributed by atoms with Gasteiger partial charge in [-0.2, -0.15) is 0 Å². The van der Waals surface area contributed by atoms with Gasteiger partial charge in [-0.3, -0.25) is 4.79 Å². The second-order valence-electron chi connectivity index (χ2n) is 5.50. The summed E-state index contributed by atoms with van der Waals surface area (Å²) in [6, 6.07) is 1.82. The lowest BCUT2D eigenvalue weighted by molar-refractivity contribution is -0.122. The van der Waals surface area contributed by atoms with Crippen LogP contribution in [0.1, 0.15) is 43.8 Å². The minimum absolute atomic E-state index is 0.0763. The Labute approximate surface area is 127 Å². The predicted octanol–water partition coefficient (Wildman–Crippen LogP) is 2.22. The van der Waals surface area contributed by atoms with Gasteiger partial charge in [0, 0.05) is 25.6 Å². The number of carbonyl (C=O) groups is 1. The molecule has 1 aliphatic carbocycles. The van der Waals surface area contributed by atoms with Gasteiger partial charge < -0.3 is 10.2 Å². The molecule has 1 N–H and O–H groups in total. The van der Waals surface area contributed by atoms with Crippen LogP contribution < -0.4 is 10.2 Å². The van der Waals surface area contributed by atoms with E-state index in [0.717, 1.165) is 42.1 Å². The van der Waals surface area contributed by atoms with Crippen LogP contribution in [0.5, 0.6) is 0 Å². The molecule has 2 fully saturated rings. The normalized spacial score (nSPS) is 22.7. The summed E-state index contributed by atoms with van der Waals surface area (Å²) >= 11 is 3.47. The Morgan fingerprint density at radius 2 is 2.15 bits per heavy atom. The van der Waals surface area contributed by atoms with Crippen LogP contribution in [-0.2, 0) is 4.79 Å². The van der Waals surface area contributed by atoms with Crippen LogP contribution in [0.3, 0.4) is 0 Å². The minimum Gasteiger partial charge on any atom is -0.357 e. The minimum atomic E-state index is -0.109. The van der Waals surface area contributed by atoms with Gasteiger partial charge in [0.25, 0.3) is 0 Å². The highest BCUT2D eigenvalue weighted by Crippen LogP contribution is 2.39. The zero-order valence-electron chi connectivity index (χ0n) is 11.6. The molecule has 1 aromatic heterocycles. The summed E-state index contributed by atoms with van der Waals surface area (Å²) in [7, 11) is 1.70. The first-order chi connectivity index (χ1) is 9.69. The number of piperidine rings is 1.